The topological polar surface area (TPSA) is 87.1 Å². The van der Waals surface area contributed by atoms with E-state index in [0.717, 1.165) is 45.7 Å². The van der Waals surface area contributed by atoms with Gasteiger partial charge >= 0.3 is 11.9 Å². The molecule has 1 rings (SSSR count). The Kier molecular flexibility index (Phi) is 9.64. The van der Waals surface area contributed by atoms with Crippen molar-refractivity contribution in [3.8, 4) is 0 Å². The van der Waals surface area contributed by atoms with Crippen LogP contribution in [-0.2, 0) is 14.3 Å². The molecule has 1 aliphatic rings. The maximum atomic E-state index is 11.5. The lowest BCUT2D eigenvalue weighted by molar-refractivity contribution is -0.136. The number of unbranched alkanes of at least 4 members (excludes halogenated alkanes) is 1. The van der Waals surface area contributed by atoms with E-state index in [1.54, 1.807) is 0 Å². The van der Waals surface area contributed by atoms with E-state index in [4.69, 9.17) is 4.74 Å². The van der Waals surface area contributed by atoms with Crippen LogP contribution in [0.25, 0.3) is 0 Å². The first kappa shape index (κ1) is 20.6. The zero-order chi connectivity index (χ0) is 17.9. The molecule has 6 nitrogen and oxygen atoms in total. The van der Waals surface area contributed by atoms with Crippen molar-refractivity contribution < 1.29 is 24.5 Å². The van der Waals surface area contributed by atoms with Crippen LogP contribution in [0.4, 0.5) is 0 Å². The third kappa shape index (κ3) is 7.93. The molecule has 1 heterocycles. The van der Waals surface area contributed by atoms with Crippen LogP contribution in [0.2, 0.25) is 0 Å². The van der Waals surface area contributed by atoms with Gasteiger partial charge in [0.15, 0.2) is 0 Å². The summed E-state index contributed by atoms with van der Waals surface area (Å²) in [5, 5.41) is 18.8. The Balaban J connectivity index is 2.53. The third-order valence-electron chi connectivity index (χ3n) is 4.34. The molecular weight excluding hydrogens is 310 g/mol. The smallest absolute Gasteiger partial charge is 0.332 e. The van der Waals surface area contributed by atoms with Crippen LogP contribution in [0.3, 0.4) is 0 Å². The maximum Gasteiger partial charge on any atom is 0.332 e. The largest absolute Gasteiger partial charge is 0.478 e. The first-order chi connectivity index (χ1) is 11.4. The molecule has 2 N–H and O–H groups in total. The SMILES string of the molecule is CC(C)CCC/C(C(=O)O)=C(/CCCCN1CCOCC1)C(=O)O. The van der Waals surface area contributed by atoms with Crippen molar-refractivity contribution in [3.63, 3.8) is 0 Å². The van der Waals surface area contributed by atoms with Gasteiger partial charge in [-0.15, -0.1) is 0 Å². The lowest BCUT2D eigenvalue weighted by Crippen LogP contribution is -2.36. The van der Waals surface area contributed by atoms with Gasteiger partial charge in [0.25, 0.3) is 0 Å². The van der Waals surface area contributed by atoms with Crippen molar-refractivity contribution in [2.45, 2.75) is 52.4 Å². The van der Waals surface area contributed by atoms with Gasteiger partial charge in [-0.25, -0.2) is 9.59 Å². The minimum absolute atomic E-state index is 0.0771. The van der Waals surface area contributed by atoms with E-state index in [9.17, 15) is 19.8 Å². The minimum Gasteiger partial charge on any atom is -0.478 e. The molecule has 24 heavy (non-hydrogen) atoms. The maximum absolute atomic E-state index is 11.5. The van der Waals surface area contributed by atoms with Crippen molar-refractivity contribution in [2.24, 2.45) is 5.92 Å². The molecule has 0 aromatic rings. The Bertz CT molecular complexity index is 439. The number of morpholine rings is 1. The van der Waals surface area contributed by atoms with E-state index in [1.807, 2.05) is 0 Å². The lowest BCUT2D eigenvalue weighted by atomic mass is 9.96. The zero-order valence-electron chi connectivity index (χ0n) is 14.9. The van der Waals surface area contributed by atoms with E-state index in [2.05, 4.69) is 18.7 Å². The molecule has 1 aliphatic heterocycles. The van der Waals surface area contributed by atoms with Crippen molar-refractivity contribution >= 4 is 11.9 Å². The van der Waals surface area contributed by atoms with Crippen LogP contribution in [0.1, 0.15) is 52.4 Å². The molecule has 0 saturated carbocycles. The van der Waals surface area contributed by atoms with Gasteiger partial charge in [-0.2, -0.15) is 0 Å². The molecule has 138 valence electrons. The average molecular weight is 341 g/mol. The molecule has 1 saturated heterocycles. The Morgan fingerprint density at radius 1 is 0.958 bits per heavy atom. The predicted molar refractivity (Wildman–Crippen MR) is 92.1 cm³/mol. The Labute approximate surface area is 144 Å². The summed E-state index contributed by atoms with van der Waals surface area (Å²) in [4.78, 5) is 25.2. The van der Waals surface area contributed by atoms with Crippen molar-refractivity contribution in [2.75, 3.05) is 32.8 Å². The van der Waals surface area contributed by atoms with Crippen molar-refractivity contribution in [3.05, 3.63) is 11.1 Å². The highest BCUT2D eigenvalue weighted by molar-refractivity contribution is 5.98. The van der Waals surface area contributed by atoms with Crippen LogP contribution in [-0.4, -0.2) is 59.9 Å². The van der Waals surface area contributed by atoms with Gasteiger partial charge in [0.2, 0.25) is 0 Å². The molecule has 0 atom stereocenters. The van der Waals surface area contributed by atoms with Gasteiger partial charge < -0.3 is 14.9 Å². The average Bonchev–Trinajstić information content (AvgIpc) is 2.52. The summed E-state index contributed by atoms with van der Waals surface area (Å²) in [5.74, 6) is -1.70. The Hall–Kier alpha value is -1.40. The number of hydrogen-bond acceptors (Lipinski definition) is 4. The van der Waals surface area contributed by atoms with Gasteiger partial charge in [0.05, 0.1) is 13.2 Å². The third-order valence-corrected chi connectivity index (χ3v) is 4.34. The van der Waals surface area contributed by atoms with Crippen LogP contribution in [0.15, 0.2) is 11.1 Å². The van der Waals surface area contributed by atoms with Gasteiger partial charge in [-0.1, -0.05) is 20.3 Å². The molecule has 0 aliphatic carbocycles. The van der Waals surface area contributed by atoms with Gasteiger partial charge in [-0.05, 0) is 44.6 Å². The summed E-state index contributed by atoms with van der Waals surface area (Å²) < 4.78 is 5.30. The molecule has 0 spiro atoms. The standard InChI is InChI=1S/C18H31NO5/c1-14(2)6-5-8-16(18(22)23)15(17(20)21)7-3-4-9-19-10-12-24-13-11-19/h14H,3-13H2,1-2H3,(H,20,21)(H,22,23)/b16-15+. The minimum atomic E-state index is -1.09. The number of rotatable bonds is 11. The van der Waals surface area contributed by atoms with Crippen LogP contribution < -0.4 is 0 Å². The summed E-state index contributed by atoms with van der Waals surface area (Å²) in [7, 11) is 0. The molecule has 0 aromatic heterocycles. The molecular formula is C18H31NO5. The highest BCUT2D eigenvalue weighted by Crippen LogP contribution is 2.20. The summed E-state index contributed by atoms with van der Waals surface area (Å²) >= 11 is 0. The fourth-order valence-corrected chi connectivity index (χ4v) is 2.92. The summed E-state index contributed by atoms with van der Waals surface area (Å²) in [6.07, 6.45) is 3.84. The molecule has 0 aromatic carbocycles. The Morgan fingerprint density at radius 2 is 1.50 bits per heavy atom. The van der Waals surface area contributed by atoms with Crippen LogP contribution in [0.5, 0.6) is 0 Å². The number of aliphatic carboxylic acids is 2. The quantitative estimate of drug-likeness (QED) is 0.444. The number of ether oxygens (including phenoxy) is 1. The van der Waals surface area contributed by atoms with Crippen molar-refractivity contribution in [1.29, 1.82) is 0 Å². The predicted octanol–water partition coefficient (Wildman–Crippen LogP) is 2.78. The van der Waals surface area contributed by atoms with Gasteiger partial charge in [0, 0.05) is 24.2 Å². The van der Waals surface area contributed by atoms with E-state index in [-0.39, 0.29) is 11.1 Å². The van der Waals surface area contributed by atoms with Gasteiger partial charge in [-0.3, -0.25) is 4.90 Å². The fourth-order valence-electron chi connectivity index (χ4n) is 2.92. The monoisotopic (exact) mass is 341 g/mol. The van der Waals surface area contributed by atoms with E-state index in [1.165, 1.54) is 0 Å². The lowest BCUT2D eigenvalue weighted by Gasteiger charge is -2.26. The Morgan fingerprint density at radius 3 is 2.00 bits per heavy atom. The molecule has 0 unspecified atom stereocenters. The van der Waals surface area contributed by atoms with E-state index >= 15 is 0 Å². The second-order valence-electron chi connectivity index (χ2n) is 6.76. The van der Waals surface area contributed by atoms with Crippen molar-refractivity contribution in [1.82, 2.24) is 4.90 Å². The zero-order valence-corrected chi connectivity index (χ0v) is 14.9. The molecule has 1 fully saturated rings. The molecule has 6 heteroatoms. The number of carboxylic acids is 2. The fraction of sp³-hybridized carbons (Fsp3) is 0.778. The first-order valence-electron chi connectivity index (χ1n) is 8.90. The van der Waals surface area contributed by atoms with Crippen LogP contribution in [0, 0.1) is 5.92 Å². The van der Waals surface area contributed by atoms with E-state index in [0.29, 0.717) is 31.6 Å². The summed E-state index contributed by atoms with van der Waals surface area (Å²) in [6, 6.07) is 0. The molecule has 0 amide bonds. The summed E-state index contributed by atoms with van der Waals surface area (Å²) in [6.45, 7) is 8.39. The van der Waals surface area contributed by atoms with E-state index < -0.39 is 11.9 Å². The second kappa shape index (κ2) is 11.2. The number of nitrogens with zero attached hydrogens (tertiary/aromatic N) is 1. The number of carboxylic acid groups (broad SMARTS) is 2. The van der Waals surface area contributed by atoms with Gasteiger partial charge in [0.1, 0.15) is 0 Å². The number of carbonyl (C=O) groups is 2. The normalized spacial score (nSPS) is 17.0. The molecule has 0 radical (unpaired) electrons. The second-order valence-corrected chi connectivity index (χ2v) is 6.76. The number of hydrogen-bond donors (Lipinski definition) is 2. The highest BCUT2D eigenvalue weighted by atomic mass is 16.5. The summed E-state index contributed by atoms with van der Waals surface area (Å²) in [5.41, 5.74) is 0.155. The first-order valence-corrected chi connectivity index (χ1v) is 8.90. The highest BCUT2D eigenvalue weighted by Gasteiger charge is 2.20. The molecule has 0 bridgehead atoms. The van der Waals surface area contributed by atoms with Crippen LogP contribution >= 0.6 is 0 Å².